The molecule has 0 aliphatic heterocycles. The summed E-state index contributed by atoms with van der Waals surface area (Å²) in [6.45, 7) is 4.26. The second-order valence-electron chi connectivity index (χ2n) is 5.79. The molecule has 1 N–H and O–H groups in total. The van der Waals surface area contributed by atoms with Gasteiger partial charge in [0.25, 0.3) is 0 Å². The fourth-order valence-electron chi connectivity index (χ4n) is 2.26. The molecule has 0 aliphatic rings. The predicted molar refractivity (Wildman–Crippen MR) is 100 cm³/mol. The fourth-order valence-corrected chi connectivity index (χ4v) is 2.52. The molecule has 2 aromatic rings. The molecule has 1 unspecified atom stereocenters. The molecule has 0 radical (unpaired) electrons. The van der Waals surface area contributed by atoms with E-state index in [-0.39, 0.29) is 5.92 Å². The number of carboxylic acids is 1. The molecule has 0 spiro atoms. The van der Waals surface area contributed by atoms with Gasteiger partial charge < -0.3 is 9.84 Å². The van der Waals surface area contributed by atoms with Crippen LogP contribution in [0.1, 0.15) is 25.0 Å². The molecule has 1 atom stereocenters. The SMILES string of the molecule is C/C(=C\COc1ccc(CC(C)C(=O)O)cc1)c1ccc(Br)cc1. The highest BCUT2D eigenvalue weighted by atomic mass is 79.9. The quantitative estimate of drug-likeness (QED) is 0.709. The van der Waals surface area contributed by atoms with E-state index >= 15 is 0 Å². The van der Waals surface area contributed by atoms with Crippen LogP contribution in [-0.2, 0) is 11.2 Å². The van der Waals surface area contributed by atoms with Crippen LogP contribution in [0.15, 0.2) is 59.1 Å². The highest BCUT2D eigenvalue weighted by Gasteiger charge is 2.11. The maximum Gasteiger partial charge on any atom is 0.306 e. The zero-order valence-electron chi connectivity index (χ0n) is 13.8. The number of aliphatic carboxylic acids is 1. The molecule has 0 bridgehead atoms. The summed E-state index contributed by atoms with van der Waals surface area (Å²) >= 11 is 3.43. The molecule has 0 amide bonds. The molecule has 24 heavy (non-hydrogen) atoms. The van der Waals surface area contributed by atoms with Gasteiger partial charge in [0.1, 0.15) is 12.4 Å². The van der Waals surface area contributed by atoms with Crippen LogP contribution >= 0.6 is 15.9 Å². The number of allylic oxidation sites excluding steroid dienone is 1. The Morgan fingerprint density at radius 2 is 1.79 bits per heavy atom. The molecule has 3 nitrogen and oxygen atoms in total. The lowest BCUT2D eigenvalue weighted by molar-refractivity contribution is -0.141. The minimum absolute atomic E-state index is 0.381. The number of halogens is 1. The van der Waals surface area contributed by atoms with Gasteiger partial charge in [-0.15, -0.1) is 0 Å². The summed E-state index contributed by atoms with van der Waals surface area (Å²) in [6, 6.07) is 15.8. The van der Waals surface area contributed by atoms with Crippen LogP contribution in [0.4, 0.5) is 0 Å². The van der Waals surface area contributed by atoms with Crippen LogP contribution in [0.3, 0.4) is 0 Å². The summed E-state index contributed by atoms with van der Waals surface area (Å²) in [5, 5.41) is 8.94. The molecule has 2 rings (SSSR count). The number of carbonyl (C=O) groups is 1. The first-order valence-electron chi connectivity index (χ1n) is 7.83. The third-order valence-corrected chi connectivity index (χ3v) is 4.35. The zero-order valence-corrected chi connectivity index (χ0v) is 15.4. The summed E-state index contributed by atoms with van der Waals surface area (Å²) in [7, 11) is 0. The first kappa shape index (κ1) is 18.3. The Bertz CT molecular complexity index is 703. The Balaban J connectivity index is 1.89. The van der Waals surface area contributed by atoms with Gasteiger partial charge >= 0.3 is 5.97 Å². The molecule has 0 aliphatic carbocycles. The van der Waals surface area contributed by atoms with Gasteiger partial charge in [0.2, 0.25) is 0 Å². The molecule has 0 saturated heterocycles. The summed E-state index contributed by atoms with van der Waals surface area (Å²) in [4.78, 5) is 10.9. The van der Waals surface area contributed by atoms with Crippen molar-refractivity contribution in [1.82, 2.24) is 0 Å². The van der Waals surface area contributed by atoms with Crippen molar-refractivity contribution < 1.29 is 14.6 Å². The van der Waals surface area contributed by atoms with E-state index in [2.05, 4.69) is 35.0 Å². The molecule has 0 aromatic heterocycles. The molecular weight excluding hydrogens is 368 g/mol. The Morgan fingerprint density at radius 1 is 1.17 bits per heavy atom. The van der Waals surface area contributed by atoms with Gasteiger partial charge in [-0.3, -0.25) is 4.79 Å². The van der Waals surface area contributed by atoms with E-state index in [1.54, 1.807) is 6.92 Å². The molecule has 2 aromatic carbocycles. The Hall–Kier alpha value is -2.07. The van der Waals surface area contributed by atoms with E-state index in [4.69, 9.17) is 9.84 Å². The maximum atomic E-state index is 10.9. The minimum Gasteiger partial charge on any atom is -0.490 e. The number of hydrogen-bond acceptors (Lipinski definition) is 2. The van der Waals surface area contributed by atoms with Gasteiger partial charge in [-0.2, -0.15) is 0 Å². The van der Waals surface area contributed by atoms with Crippen molar-refractivity contribution in [3.8, 4) is 5.75 Å². The lowest BCUT2D eigenvalue weighted by atomic mass is 10.0. The Kier molecular flexibility index (Phi) is 6.62. The Labute approximate surface area is 151 Å². The van der Waals surface area contributed by atoms with Crippen LogP contribution in [0.25, 0.3) is 5.57 Å². The average Bonchev–Trinajstić information content (AvgIpc) is 2.56. The molecule has 0 heterocycles. The molecule has 126 valence electrons. The Morgan fingerprint density at radius 3 is 2.38 bits per heavy atom. The van der Waals surface area contributed by atoms with Gasteiger partial charge in [-0.1, -0.05) is 47.1 Å². The van der Waals surface area contributed by atoms with E-state index in [1.807, 2.05) is 42.5 Å². The van der Waals surface area contributed by atoms with E-state index in [0.29, 0.717) is 13.0 Å². The van der Waals surface area contributed by atoms with Crippen LogP contribution < -0.4 is 4.74 Å². The molecule has 0 fully saturated rings. The normalized spacial score (nSPS) is 12.7. The van der Waals surface area contributed by atoms with E-state index in [0.717, 1.165) is 21.4 Å². The third-order valence-electron chi connectivity index (χ3n) is 3.83. The first-order chi connectivity index (χ1) is 11.5. The molecular formula is C20H21BrO3. The summed E-state index contributed by atoms with van der Waals surface area (Å²) in [6.07, 6.45) is 2.57. The monoisotopic (exact) mass is 388 g/mol. The van der Waals surface area contributed by atoms with Gasteiger partial charge in [0.15, 0.2) is 0 Å². The number of hydrogen-bond donors (Lipinski definition) is 1. The van der Waals surface area contributed by atoms with Crippen molar-refractivity contribution in [3.05, 3.63) is 70.2 Å². The van der Waals surface area contributed by atoms with E-state index in [9.17, 15) is 4.79 Å². The summed E-state index contributed by atoms with van der Waals surface area (Å²) < 4.78 is 6.79. The third kappa shape index (κ3) is 5.53. The second kappa shape index (κ2) is 8.69. The first-order valence-corrected chi connectivity index (χ1v) is 8.62. The topological polar surface area (TPSA) is 46.5 Å². The van der Waals surface area contributed by atoms with Crippen molar-refractivity contribution in [3.63, 3.8) is 0 Å². The molecule has 4 heteroatoms. The van der Waals surface area contributed by atoms with Gasteiger partial charge in [0.05, 0.1) is 5.92 Å². The summed E-state index contributed by atoms with van der Waals surface area (Å²) in [5.41, 5.74) is 3.33. The average molecular weight is 389 g/mol. The standard InChI is InChI=1S/C20H21BrO3/c1-14(17-5-7-18(21)8-6-17)11-12-24-19-9-3-16(4-10-19)13-15(2)20(22)23/h3-11,15H,12-13H2,1-2H3,(H,22,23)/b14-11+. The molecule has 0 saturated carbocycles. The lowest BCUT2D eigenvalue weighted by Crippen LogP contribution is -2.12. The van der Waals surface area contributed by atoms with Crippen molar-refractivity contribution in [2.45, 2.75) is 20.3 Å². The van der Waals surface area contributed by atoms with Gasteiger partial charge in [0, 0.05) is 4.47 Å². The van der Waals surface area contributed by atoms with E-state index in [1.165, 1.54) is 5.56 Å². The van der Waals surface area contributed by atoms with Crippen molar-refractivity contribution in [2.75, 3.05) is 6.61 Å². The number of carboxylic acid groups (broad SMARTS) is 1. The van der Waals surface area contributed by atoms with Crippen molar-refractivity contribution in [2.24, 2.45) is 5.92 Å². The van der Waals surface area contributed by atoms with Crippen LogP contribution in [-0.4, -0.2) is 17.7 Å². The predicted octanol–water partition coefficient (Wildman–Crippen LogP) is 5.19. The number of benzene rings is 2. The fraction of sp³-hybridized carbons (Fsp3) is 0.250. The van der Waals surface area contributed by atoms with Crippen LogP contribution in [0.5, 0.6) is 5.75 Å². The van der Waals surface area contributed by atoms with Crippen LogP contribution in [0, 0.1) is 5.92 Å². The zero-order chi connectivity index (χ0) is 17.5. The largest absolute Gasteiger partial charge is 0.490 e. The summed E-state index contributed by atoms with van der Waals surface area (Å²) in [5.74, 6) is -0.376. The van der Waals surface area contributed by atoms with Gasteiger partial charge in [-0.05, 0) is 60.4 Å². The number of rotatable bonds is 7. The highest BCUT2D eigenvalue weighted by Crippen LogP contribution is 2.18. The number of ether oxygens (including phenoxy) is 1. The lowest BCUT2D eigenvalue weighted by Gasteiger charge is -2.08. The van der Waals surface area contributed by atoms with Crippen molar-refractivity contribution in [1.29, 1.82) is 0 Å². The van der Waals surface area contributed by atoms with Crippen LogP contribution in [0.2, 0.25) is 0 Å². The minimum atomic E-state index is -0.774. The van der Waals surface area contributed by atoms with Crippen molar-refractivity contribution >= 4 is 27.5 Å². The smallest absolute Gasteiger partial charge is 0.306 e. The van der Waals surface area contributed by atoms with E-state index < -0.39 is 5.97 Å². The highest BCUT2D eigenvalue weighted by molar-refractivity contribution is 9.10. The maximum absolute atomic E-state index is 10.9. The second-order valence-corrected chi connectivity index (χ2v) is 6.71. The van der Waals surface area contributed by atoms with Gasteiger partial charge in [-0.25, -0.2) is 0 Å².